The van der Waals surface area contributed by atoms with E-state index in [9.17, 15) is 10.1 Å². The number of nitriles is 1. The number of nitrogens with two attached hydrogens (primary N) is 2. The Hall–Kier alpha value is -3.12. The van der Waals surface area contributed by atoms with Crippen LogP contribution < -0.4 is 21.3 Å². The predicted octanol–water partition coefficient (Wildman–Crippen LogP) is 1.97. The lowest BCUT2D eigenvalue weighted by Gasteiger charge is -2.36. The number of pyridine rings is 2. The van der Waals surface area contributed by atoms with Crippen LogP contribution in [0.4, 0.5) is 23.3 Å². The van der Waals surface area contributed by atoms with E-state index < -0.39 is 0 Å². The van der Waals surface area contributed by atoms with Crippen LogP contribution in [0.25, 0.3) is 10.8 Å². The fourth-order valence-electron chi connectivity index (χ4n) is 4.55. The molecule has 2 aromatic heterocycles. The maximum absolute atomic E-state index is 12.8. The summed E-state index contributed by atoms with van der Waals surface area (Å²) in [5, 5.41) is 11.2. The molecule has 2 aliphatic rings. The average molecular weight is 409 g/mol. The molecule has 0 bridgehead atoms. The van der Waals surface area contributed by atoms with E-state index in [0.717, 1.165) is 6.42 Å². The van der Waals surface area contributed by atoms with E-state index in [-0.39, 0.29) is 42.2 Å². The first-order valence-corrected chi connectivity index (χ1v) is 10.3. The van der Waals surface area contributed by atoms with Gasteiger partial charge in [-0.05, 0) is 27.2 Å². The summed E-state index contributed by atoms with van der Waals surface area (Å²) in [7, 11) is 0. The average Bonchev–Trinajstić information content (AvgIpc) is 3.01. The first kappa shape index (κ1) is 20.2. The van der Waals surface area contributed by atoms with Gasteiger partial charge in [-0.1, -0.05) is 6.92 Å². The Kier molecular flexibility index (Phi) is 4.90. The minimum atomic E-state index is -0.0480. The van der Waals surface area contributed by atoms with Crippen LogP contribution in [0.2, 0.25) is 0 Å². The van der Waals surface area contributed by atoms with Gasteiger partial charge in [0.1, 0.15) is 34.9 Å². The molecule has 0 aromatic carbocycles. The SMILES string of the molecule is CCC(C)N1C(=O)Cc2c1nc(N)c1c(N)nc(N3CC(C)OC(C)C3)c(C#N)c21. The normalized spacial score (nSPS) is 22.3. The number of nitrogen functional groups attached to an aromatic ring is 2. The van der Waals surface area contributed by atoms with E-state index >= 15 is 0 Å². The largest absolute Gasteiger partial charge is 0.383 e. The molecule has 0 spiro atoms. The van der Waals surface area contributed by atoms with E-state index in [1.54, 1.807) is 4.90 Å². The zero-order valence-corrected chi connectivity index (χ0v) is 17.8. The van der Waals surface area contributed by atoms with Crippen molar-refractivity contribution in [2.24, 2.45) is 0 Å². The molecule has 9 nitrogen and oxygen atoms in total. The zero-order valence-electron chi connectivity index (χ0n) is 17.8. The molecule has 3 unspecified atom stereocenters. The summed E-state index contributed by atoms with van der Waals surface area (Å²) in [5.74, 6) is 1.38. The van der Waals surface area contributed by atoms with Crippen LogP contribution in [-0.4, -0.2) is 47.2 Å². The van der Waals surface area contributed by atoms with Crippen LogP contribution in [0.1, 0.15) is 45.2 Å². The Labute approximate surface area is 175 Å². The van der Waals surface area contributed by atoms with E-state index in [1.807, 2.05) is 32.6 Å². The molecule has 1 fully saturated rings. The number of nitrogens with zero attached hydrogens (tertiary/aromatic N) is 5. The predicted molar refractivity (Wildman–Crippen MR) is 116 cm³/mol. The van der Waals surface area contributed by atoms with E-state index in [2.05, 4.69) is 16.0 Å². The molecule has 1 amide bonds. The summed E-state index contributed by atoms with van der Waals surface area (Å²) in [5.41, 5.74) is 13.7. The van der Waals surface area contributed by atoms with Gasteiger partial charge in [0.25, 0.3) is 0 Å². The minimum absolute atomic E-state index is 0.00490. The third kappa shape index (κ3) is 2.99. The molecular formula is C21H27N7O2. The van der Waals surface area contributed by atoms with Crippen molar-refractivity contribution in [3.8, 4) is 6.07 Å². The topological polar surface area (TPSA) is 134 Å². The van der Waals surface area contributed by atoms with Crippen molar-refractivity contribution >= 4 is 40.0 Å². The Morgan fingerprint density at radius 1 is 1.17 bits per heavy atom. The van der Waals surface area contributed by atoms with Gasteiger partial charge in [-0.25, -0.2) is 9.97 Å². The molecule has 158 valence electrons. The van der Waals surface area contributed by atoms with Gasteiger partial charge in [0.15, 0.2) is 0 Å². The van der Waals surface area contributed by atoms with Crippen LogP contribution in [0, 0.1) is 11.3 Å². The molecule has 0 aliphatic carbocycles. The fourth-order valence-corrected chi connectivity index (χ4v) is 4.55. The minimum Gasteiger partial charge on any atom is -0.383 e. The lowest BCUT2D eigenvalue weighted by atomic mass is 10.00. The number of hydrogen-bond donors (Lipinski definition) is 2. The number of rotatable bonds is 3. The second-order valence-corrected chi connectivity index (χ2v) is 8.22. The van der Waals surface area contributed by atoms with Crippen molar-refractivity contribution in [1.29, 1.82) is 5.26 Å². The molecule has 4 rings (SSSR count). The molecule has 1 saturated heterocycles. The summed E-state index contributed by atoms with van der Waals surface area (Å²) >= 11 is 0. The highest BCUT2D eigenvalue weighted by Gasteiger charge is 2.36. The van der Waals surface area contributed by atoms with Crippen molar-refractivity contribution in [2.45, 2.75) is 58.8 Å². The van der Waals surface area contributed by atoms with Crippen LogP contribution in [0.5, 0.6) is 0 Å². The van der Waals surface area contributed by atoms with Crippen LogP contribution in [0.15, 0.2) is 0 Å². The number of ether oxygens (including phenoxy) is 1. The van der Waals surface area contributed by atoms with Gasteiger partial charge in [0, 0.05) is 30.1 Å². The third-order valence-corrected chi connectivity index (χ3v) is 5.95. The standard InChI is InChI=1S/C21H27N7O2/c1-5-10(2)28-15(29)6-13-16-14(7-22)20(27-8-11(3)30-12(4)9-27)25-18(23)17(16)19(24)26-21(13)28/h10-12H,5-6,8-9H2,1-4H3,(H2,23,25)(H2,24,26). The molecule has 0 radical (unpaired) electrons. The van der Waals surface area contributed by atoms with Gasteiger partial charge < -0.3 is 21.1 Å². The van der Waals surface area contributed by atoms with Crippen LogP contribution in [-0.2, 0) is 16.0 Å². The van der Waals surface area contributed by atoms with Crippen LogP contribution in [0.3, 0.4) is 0 Å². The molecule has 0 saturated carbocycles. The third-order valence-electron chi connectivity index (χ3n) is 5.95. The molecule has 2 aromatic rings. The molecule has 4 heterocycles. The first-order chi connectivity index (χ1) is 14.3. The Balaban J connectivity index is 2.00. The molecule has 3 atom stereocenters. The van der Waals surface area contributed by atoms with Crippen molar-refractivity contribution in [1.82, 2.24) is 9.97 Å². The smallest absolute Gasteiger partial charge is 0.232 e. The summed E-state index contributed by atoms with van der Waals surface area (Å²) in [6, 6.07) is 2.29. The number of fused-ring (bicyclic) bond motifs is 3. The highest BCUT2D eigenvalue weighted by molar-refractivity contribution is 6.13. The molecule has 30 heavy (non-hydrogen) atoms. The van der Waals surface area contributed by atoms with E-state index in [1.165, 1.54) is 0 Å². The maximum atomic E-state index is 12.8. The number of anilines is 4. The van der Waals surface area contributed by atoms with Gasteiger partial charge in [0.05, 0.1) is 24.0 Å². The Morgan fingerprint density at radius 2 is 1.77 bits per heavy atom. The van der Waals surface area contributed by atoms with Crippen LogP contribution >= 0.6 is 0 Å². The van der Waals surface area contributed by atoms with Crippen molar-refractivity contribution in [3.05, 3.63) is 11.1 Å². The van der Waals surface area contributed by atoms with Crippen molar-refractivity contribution < 1.29 is 9.53 Å². The summed E-state index contributed by atoms with van der Waals surface area (Å²) < 4.78 is 5.82. The summed E-state index contributed by atoms with van der Waals surface area (Å²) in [6.07, 6.45) is 0.935. The van der Waals surface area contributed by atoms with Gasteiger partial charge in [-0.2, -0.15) is 5.26 Å². The number of aromatic nitrogens is 2. The van der Waals surface area contributed by atoms with Crippen molar-refractivity contribution in [2.75, 3.05) is 34.4 Å². The van der Waals surface area contributed by atoms with E-state index in [4.69, 9.17) is 16.2 Å². The number of carbonyl (C=O) groups excluding carboxylic acids is 1. The molecule has 4 N–H and O–H groups in total. The quantitative estimate of drug-likeness (QED) is 0.786. The van der Waals surface area contributed by atoms with Gasteiger partial charge in [0.2, 0.25) is 5.91 Å². The lowest BCUT2D eigenvalue weighted by Crippen LogP contribution is -2.46. The van der Waals surface area contributed by atoms with Gasteiger partial charge in [-0.15, -0.1) is 0 Å². The second kappa shape index (κ2) is 7.29. The molecule has 2 aliphatic heterocycles. The van der Waals surface area contributed by atoms with Gasteiger partial charge >= 0.3 is 0 Å². The Bertz CT molecular complexity index is 1070. The molecular weight excluding hydrogens is 382 g/mol. The highest BCUT2D eigenvalue weighted by Crippen LogP contribution is 2.42. The maximum Gasteiger partial charge on any atom is 0.232 e. The number of carbonyl (C=O) groups is 1. The first-order valence-electron chi connectivity index (χ1n) is 10.3. The highest BCUT2D eigenvalue weighted by atomic mass is 16.5. The van der Waals surface area contributed by atoms with E-state index in [0.29, 0.717) is 46.6 Å². The lowest BCUT2D eigenvalue weighted by molar-refractivity contribution is -0.117. The second-order valence-electron chi connectivity index (χ2n) is 8.22. The van der Waals surface area contributed by atoms with Gasteiger partial charge in [-0.3, -0.25) is 9.69 Å². The summed E-state index contributed by atoms with van der Waals surface area (Å²) in [4.78, 5) is 25.6. The zero-order chi connectivity index (χ0) is 21.7. The van der Waals surface area contributed by atoms with Crippen molar-refractivity contribution in [3.63, 3.8) is 0 Å². The molecule has 9 heteroatoms. The fraction of sp³-hybridized carbons (Fsp3) is 0.524. The Morgan fingerprint density at radius 3 is 2.33 bits per heavy atom. The number of hydrogen-bond acceptors (Lipinski definition) is 8. The monoisotopic (exact) mass is 409 g/mol. The number of morpholine rings is 1. The summed E-state index contributed by atoms with van der Waals surface area (Å²) in [6.45, 7) is 9.16. The number of amides is 1.